The number of aliphatic hydroxyl groups is 1. The molecule has 1 aromatic carbocycles. The molecule has 0 saturated heterocycles. The highest BCUT2D eigenvalue weighted by Gasteiger charge is 2.16. The lowest BCUT2D eigenvalue weighted by molar-refractivity contribution is -0.157. The van der Waals surface area contributed by atoms with Gasteiger partial charge in [0.15, 0.2) is 12.0 Å². The average molecular weight is 336 g/mol. The predicted octanol–water partition coefficient (Wildman–Crippen LogP) is 3.03. The van der Waals surface area contributed by atoms with Crippen molar-refractivity contribution in [1.82, 2.24) is 0 Å². The highest BCUT2D eigenvalue weighted by Crippen LogP contribution is 2.19. The Morgan fingerprint density at radius 1 is 1.21 bits per heavy atom. The second kappa shape index (κ2) is 8.49. The van der Waals surface area contributed by atoms with Crippen molar-refractivity contribution in [2.75, 3.05) is 6.61 Å². The Balaban J connectivity index is 0.00000139. The van der Waals surface area contributed by atoms with Crippen LogP contribution < -0.4 is 10.2 Å². The molecular weight excluding hydrogens is 312 g/mol. The summed E-state index contributed by atoms with van der Waals surface area (Å²) in [4.78, 5) is 23.5. The molecule has 0 aliphatic heterocycles. The molecule has 0 bridgehead atoms. The van der Waals surface area contributed by atoms with Crippen molar-refractivity contribution in [2.45, 2.75) is 46.8 Å². The van der Waals surface area contributed by atoms with Crippen LogP contribution in [0.4, 0.5) is 0 Å². The van der Waals surface area contributed by atoms with Crippen molar-refractivity contribution in [3.8, 4) is 5.75 Å². The van der Waals surface area contributed by atoms with Gasteiger partial charge in [-0.1, -0.05) is 13.8 Å². The largest absolute Gasteiger partial charge is 0.482 e. The highest BCUT2D eigenvalue weighted by molar-refractivity contribution is 5.78. The van der Waals surface area contributed by atoms with Crippen LogP contribution in [0.15, 0.2) is 33.5 Å². The van der Waals surface area contributed by atoms with Crippen LogP contribution in [0.25, 0.3) is 11.0 Å². The second-order valence-electron chi connectivity index (χ2n) is 5.77. The predicted molar refractivity (Wildman–Crippen MR) is 91.1 cm³/mol. The SMILES string of the molecule is CC.CC(C)(C)OC(=O)COc1ccc2oc(CO)cc(=O)c2c1. The summed E-state index contributed by atoms with van der Waals surface area (Å²) in [6.45, 7) is 8.71. The van der Waals surface area contributed by atoms with Gasteiger partial charge in [-0.2, -0.15) is 0 Å². The van der Waals surface area contributed by atoms with Crippen LogP contribution in [0.2, 0.25) is 0 Å². The first-order valence-corrected chi connectivity index (χ1v) is 7.81. The van der Waals surface area contributed by atoms with Gasteiger partial charge in [-0.25, -0.2) is 4.79 Å². The van der Waals surface area contributed by atoms with E-state index in [4.69, 9.17) is 19.0 Å². The van der Waals surface area contributed by atoms with E-state index in [1.807, 2.05) is 13.8 Å². The van der Waals surface area contributed by atoms with Crippen LogP contribution in [0.3, 0.4) is 0 Å². The number of fused-ring (bicyclic) bond motifs is 1. The Hall–Kier alpha value is -2.34. The smallest absolute Gasteiger partial charge is 0.344 e. The molecule has 0 aliphatic rings. The summed E-state index contributed by atoms with van der Waals surface area (Å²) < 4.78 is 15.8. The number of ether oxygens (including phenoxy) is 2. The summed E-state index contributed by atoms with van der Waals surface area (Å²) in [7, 11) is 0. The maximum absolute atomic E-state index is 11.9. The zero-order valence-corrected chi connectivity index (χ0v) is 14.7. The lowest BCUT2D eigenvalue weighted by atomic mass is 10.2. The standard InChI is InChI=1S/C16H18O6.C2H6/c1-16(2,3)22-15(19)9-20-10-4-5-14-12(6-10)13(18)7-11(8-17)21-14;1-2/h4-7,17H,8-9H2,1-3H3;1-2H3. The first-order chi connectivity index (χ1) is 11.3. The molecule has 0 spiro atoms. The van der Waals surface area contributed by atoms with Gasteiger partial charge in [0.1, 0.15) is 29.3 Å². The second-order valence-corrected chi connectivity index (χ2v) is 5.77. The van der Waals surface area contributed by atoms with E-state index in [0.717, 1.165) is 0 Å². The van der Waals surface area contributed by atoms with E-state index < -0.39 is 11.6 Å². The summed E-state index contributed by atoms with van der Waals surface area (Å²) in [5.41, 5.74) is -0.514. The Morgan fingerprint density at radius 3 is 2.46 bits per heavy atom. The van der Waals surface area contributed by atoms with Gasteiger partial charge >= 0.3 is 5.97 Å². The fraction of sp³-hybridized carbons (Fsp3) is 0.444. The summed E-state index contributed by atoms with van der Waals surface area (Å²) in [6.07, 6.45) is 0. The van der Waals surface area contributed by atoms with Gasteiger partial charge in [0, 0.05) is 6.07 Å². The monoisotopic (exact) mass is 336 g/mol. The number of aliphatic hydroxyl groups excluding tert-OH is 1. The molecule has 1 aromatic heterocycles. The van der Waals surface area contributed by atoms with E-state index in [9.17, 15) is 9.59 Å². The van der Waals surface area contributed by atoms with Gasteiger partial charge in [-0.3, -0.25) is 4.79 Å². The maximum Gasteiger partial charge on any atom is 0.344 e. The van der Waals surface area contributed by atoms with Crippen LogP contribution >= 0.6 is 0 Å². The minimum atomic E-state index is -0.578. The molecule has 1 N–H and O–H groups in total. The van der Waals surface area contributed by atoms with Crippen LogP contribution in [0, 0.1) is 0 Å². The fourth-order valence-corrected chi connectivity index (χ4v) is 1.87. The molecule has 2 aromatic rings. The van der Waals surface area contributed by atoms with E-state index in [-0.39, 0.29) is 24.4 Å². The third kappa shape index (κ3) is 5.70. The number of hydrogen-bond donors (Lipinski definition) is 1. The molecule has 0 aliphatic carbocycles. The van der Waals surface area contributed by atoms with Crippen molar-refractivity contribution in [3.63, 3.8) is 0 Å². The summed E-state index contributed by atoms with van der Waals surface area (Å²) in [5, 5.41) is 9.32. The molecular formula is C18H24O6. The molecule has 0 saturated carbocycles. The van der Waals surface area contributed by atoms with Crippen LogP contribution in [-0.4, -0.2) is 23.3 Å². The van der Waals surface area contributed by atoms with Crippen LogP contribution in [0.1, 0.15) is 40.4 Å². The number of carbonyl (C=O) groups excluding carboxylic acids is 1. The summed E-state index contributed by atoms with van der Waals surface area (Å²) in [6, 6.07) is 5.85. The quantitative estimate of drug-likeness (QED) is 0.864. The summed E-state index contributed by atoms with van der Waals surface area (Å²) >= 11 is 0. The molecule has 1 heterocycles. The molecule has 0 fully saturated rings. The molecule has 0 atom stereocenters. The Labute approximate surface area is 141 Å². The Morgan fingerprint density at radius 2 is 1.88 bits per heavy atom. The zero-order chi connectivity index (χ0) is 18.3. The van der Waals surface area contributed by atoms with Gasteiger partial charge in [-0.05, 0) is 39.0 Å². The van der Waals surface area contributed by atoms with Gasteiger partial charge in [0.05, 0.1) is 5.39 Å². The van der Waals surface area contributed by atoms with E-state index in [1.54, 1.807) is 32.9 Å². The third-order valence-corrected chi connectivity index (χ3v) is 2.68. The van der Waals surface area contributed by atoms with E-state index in [2.05, 4.69) is 0 Å². The molecule has 0 radical (unpaired) electrons. The van der Waals surface area contributed by atoms with Crippen molar-refractivity contribution >= 4 is 16.9 Å². The first kappa shape index (κ1) is 19.7. The van der Waals surface area contributed by atoms with Gasteiger partial charge < -0.3 is 19.0 Å². The number of carbonyl (C=O) groups is 1. The number of esters is 1. The number of benzene rings is 1. The summed E-state index contributed by atoms with van der Waals surface area (Å²) in [5.74, 6) is 0.0672. The molecule has 0 unspecified atom stereocenters. The first-order valence-electron chi connectivity index (χ1n) is 7.81. The van der Waals surface area contributed by atoms with E-state index in [0.29, 0.717) is 16.7 Å². The average Bonchev–Trinajstić information content (AvgIpc) is 2.53. The van der Waals surface area contributed by atoms with Crippen molar-refractivity contribution < 1.29 is 23.8 Å². The van der Waals surface area contributed by atoms with Gasteiger partial charge in [0.25, 0.3) is 0 Å². The van der Waals surface area contributed by atoms with Crippen molar-refractivity contribution in [3.05, 3.63) is 40.2 Å². The minimum absolute atomic E-state index is 0.194. The number of hydrogen-bond acceptors (Lipinski definition) is 6. The van der Waals surface area contributed by atoms with Gasteiger partial charge in [0.2, 0.25) is 0 Å². The maximum atomic E-state index is 11.9. The lowest BCUT2D eigenvalue weighted by Gasteiger charge is -2.19. The molecule has 6 nitrogen and oxygen atoms in total. The lowest BCUT2D eigenvalue weighted by Crippen LogP contribution is -2.27. The molecule has 24 heavy (non-hydrogen) atoms. The molecule has 132 valence electrons. The van der Waals surface area contributed by atoms with E-state index in [1.165, 1.54) is 12.1 Å². The fourth-order valence-electron chi connectivity index (χ4n) is 1.87. The van der Waals surface area contributed by atoms with Crippen molar-refractivity contribution in [1.29, 1.82) is 0 Å². The van der Waals surface area contributed by atoms with Gasteiger partial charge in [-0.15, -0.1) is 0 Å². The Bertz CT molecular complexity index is 739. The normalized spacial score (nSPS) is 10.8. The highest BCUT2D eigenvalue weighted by atomic mass is 16.6. The molecule has 6 heteroatoms. The minimum Gasteiger partial charge on any atom is -0.482 e. The van der Waals surface area contributed by atoms with Crippen LogP contribution in [0.5, 0.6) is 5.75 Å². The number of rotatable bonds is 4. The van der Waals surface area contributed by atoms with Crippen LogP contribution in [-0.2, 0) is 16.1 Å². The van der Waals surface area contributed by atoms with E-state index >= 15 is 0 Å². The molecule has 2 rings (SSSR count). The molecule has 0 amide bonds. The van der Waals surface area contributed by atoms with Crippen molar-refractivity contribution in [2.24, 2.45) is 0 Å². The Kier molecular flexibility index (Phi) is 6.97. The third-order valence-electron chi connectivity index (χ3n) is 2.68. The topological polar surface area (TPSA) is 86.0 Å². The zero-order valence-electron chi connectivity index (χ0n) is 14.7.